The Hall–Kier alpha value is -1.72. The molecule has 0 radical (unpaired) electrons. The van der Waals surface area contributed by atoms with E-state index >= 15 is 0 Å². The highest BCUT2D eigenvalue weighted by Crippen LogP contribution is 2.63. The van der Waals surface area contributed by atoms with E-state index in [1.54, 1.807) is 52.0 Å². The summed E-state index contributed by atoms with van der Waals surface area (Å²) in [5.41, 5.74) is 0.772. The van der Waals surface area contributed by atoms with Gasteiger partial charge in [0.25, 0.3) is 0 Å². The predicted molar refractivity (Wildman–Crippen MR) is 108 cm³/mol. The van der Waals surface area contributed by atoms with Crippen LogP contribution in [0.1, 0.15) is 39.0 Å². The third-order valence-electron chi connectivity index (χ3n) is 3.51. The van der Waals surface area contributed by atoms with E-state index in [1.807, 2.05) is 0 Å². The largest absolute Gasteiger partial charge is 0.508 e. The van der Waals surface area contributed by atoms with Crippen LogP contribution in [-0.4, -0.2) is 22.4 Å². The Kier molecular flexibility index (Phi) is 7.18. The van der Waals surface area contributed by atoms with Gasteiger partial charge in [0.15, 0.2) is 5.78 Å². The number of hydrogen-bond acceptors (Lipinski definition) is 6. The Bertz CT molecular complexity index is 813. The van der Waals surface area contributed by atoms with Gasteiger partial charge < -0.3 is 24.6 Å². The van der Waals surface area contributed by atoms with Crippen LogP contribution in [0.4, 0.5) is 5.69 Å². The van der Waals surface area contributed by atoms with Crippen molar-refractivity contribution in [1.29, 1.82) is 0 Å². The molecule has 0 aromatic heterocycles. The molecule has 0 spiro atoms. The standard InChI is InChI=1S/C19H25ClNO5P/c1-12(2)25-27(24,26-13(3)4)19(15-10-9-14(22)11-18(15)23)21-17-8-6-5-7-16(17)20/h5-13,19,21-23H,1-4H3. The Labute approximate surface area is 164 Å². The zero-order valence-electron chi connectivity index (χ0n) is 15.7. The van der Waals surface area contributed by atoms with Crippen LogP contribution in [0.25, 0.3) is 0 Å². The van der Waals surface area contributed by atoms with Crippen LogP contribution >= 0.6 is 19.2 Å². The van der Waals surface area contributed by atoms with Gasteiger partial charge in [-0.1, -0.05) is 23.7 Å². The Balaban J connectivity index is 2.59. The Morgan fingerprint density at radius 1 is 1.00 bits per heavy atom. The van der Waals surface area contributed by atoms with Gasteiger partial charge in [0.05, 0.1) is 22.9 Å². The first-order valence-corrected chi connectivity index (χ1v) is 10.6. The van der Waals surface area contributed by atoms with Crippen LogP contribution in [-0.2, 0) is 13.6 Å². The maximum atomic E-state index is 13.8. The molecule has 148 valence electrons. The van der Waals surface area contributed by atoms with Crippen LogP contribution < -0.4 is 5.32 Å². The van der Waals surface area contributed by atoms with E-state index in [4.69, 9.17) is 20.6 Å². The van der Waals surface area contributed by atoms with Gasteiger partial charge in [0.1, 0.15) is 11.5 Å². The number of hydrogen-bond donors (Lipinski definition) is 3. The molecule has 0 amide bonds. The topological polar surface area (TPSA) is 88.0 Å². The number of phenols is 2. The summed E-state index contributed by atoms with van der Waals surface area (Å²) in [6.07, 6.45) is -0.770. The van der Waals surface area contributed by atoms with E-state index in [1.165, 1.54) is 18.2 Å². The molecule has 2 aromatic carbocycles. The van der Waals surface area contributed by atoms with Crippen molar-refractivity contribution >= 4 is 24.9 Å². The van der Waals surface area contributed by atoms with Crippen molar-refractivity contribution in [1.82, 2.24) is 0 Å². The molecular formula is C19H25ClNO5P. The Morgan fingerprint density at radius 2 is 1.59 bits per heavy atom. The van der Waals surface area contributed by atoms with Crippen molar-refractivity contribution in [2.45, 2.75) is 45.7 Å². The smallest absolute Gasteiger partial charge is 0.357 e. The molecule has 0 aliphatic heterocycles. The number of rotatable bonds is 8. The maximum absolute atomic E-state index is 13.8. The number of benzene rings is 2. The van der Waals surface area contributed by atoms with Crippen LogP contribution in [0.2, 0.25) is 5.02 Å². The second-order valence-corrected chi connectivity index (χ2v) is 9.04. The van der Waals surface area contributed by atoms with Gasteiger partial charge in [0.2, 0.25) is 0 Å². The van der Waals surface area contributed by atoms with E-state index in [0.717, 1.165) is 0 Å². The monoisotopic (exact) mass is 413 g/mol. The molecule has 2 rings (SSSR count). The van der Waals surface area contributed by atoms with Crippen molar-refractivity contribution < 1.29 is 23.8 Å². The van der Waals surface area contributed by atoms with Crippen molar-refractivity contribution in [3.63, 3.8) is 0 Å². The highest BCUT2D eigenvalue weighted by Gasteiger charge is 2.41. The molecule has 0 aliphatic rings. The number of anilines is 1. The van der Waals surface area contributed by atoms with E-state index < -0.39 is 13.4 Å². The summed E-state index contributed by atoms with van der Waals surface area (Å²) in [6, 6.07) is 11.0. The van der Waals surface area contributed by atoms with Crippen molar-refractivity contribution in [2.24, 2.45) is 0 Å². The Morgan fingerprint density at radius 3 is 2.11 bits per heavy atom. The van der Waals surface area contributed by atoms with Crippen LogP contribution in [0.15, 0.2) is 42.5 Å². The number of halogens is 1. The van der Waals surface area contributed by atoms with Crippen LogP contribution in [0, 0.1) is 0 Å². The average molecular weight is 414 g/mol. The first-order valence-electron chi connectivity index (χ1n) is 8.62. The molecule has 0 heterocycles. The molecule has 0 saturated carbocycles. The zero-order valence-corrected chi connectivity index (χ0v) is 17.4. The molecule has 27 heavy (non-hydrogen) atoms. The first-order chi connectivity index (χ1) is 12.6. The van der Waals surface area contributed by atoms with Gasteiger partial charge in [-0.2, -0.15) is 0 Å². The lowest BCUT2D eigenvalue weighted by atomic mass is 10.2. The van der Waals surface area contributed by atoms with Gasteiger partial charge in [-0.15, -0.1) is 0 Å². The fourth-order valence-corrected chi connectivity index (χ4v) is 5.07. The van der Waals surface area contributed by atoms with Crippen LogP contribution in [0.5, 0.6) is 11.5 Å². The molecule has 6 nitrogen and oxygen atoms in total. The molecular weight excluding hydrogens is 389 g/mol. The molecule has 8 heteroatoms. The van der Waals surface area contributed by atoms with Gasteiger partial charge in [0, 0.05) is 11.6 Å². The van der Waals surface area contributed by atoms with E-state index in [9.17, 15) is 14.8 Å². The number of aromatic hydroxyl groups is 2. The molecule has 0 aliphatic carbocycles. The number of para-hydroxylation sites is 1. The minimum absolute atomic E-state index is 0.114. The number of phenolic OH excluding ortho intramolecular Hbond substituents is 2. The SMILES string of the molecule is CC(C)OP(=O)(OC(C)C)C(Nc1ccccc1Cl)c1ccc(O)cc1O. The quantitative estimate of drug-likeness (QED) is 0.466. The molecule has 2 aromatic rings. The van der Waals surface area contributed by atoms with Gasteiger partial charge in [-0.05, 0) is 52.0 Å². The fourth-order valence-electron chi connectivity index (χ4n) is 2.55. The zero-order chi connectivity index (χ0) is 20.2. The molecule has 1 unspecified atom stereocenters. The second kappa shape index (κ2) is 8.98. The van der Waals surface area contributed by atoms with Crippen molar-refractivity contribution in [3.8, 4) is 11.5 Å². The van der Waals surface area contributed by atoms with Gasteiger partial charge in [-0.25, -0.2) is 0 Å². The number of nitrogens with one attached hydrogen (secondary N) is 1. The highest BCUT2D eigenvalue weighted by atomic mass is 35.5. The van der Waals surface area contributed by atoms with Crippen LogP contribution in [0.3, 0.4) is 0 Å². The first kappa shape index (κ1) is 21.6. The van der Waals surface area contributed by atoms with E-state index in [2.05, 4.69) is 5.32 Å². The second-order valence-electron chi connectivity index (χ2n) is 6.62. The molecule has 3 N–H and O–H groups in total. The lowest BCUT2D eigenvalue weighted by molar-refractivity contribution is 0.137. The third-order valence-corrected chi connectivity index (χ3v) is 6.31. The summed E-state index contributed by atoms with van der Waals surface area (Å²) in [5, 5.41) is 23.5. The van der Waals surface area contributed by atoms with Gasteiger partial charge >= 0.3 is 7.60 Å². The summed E-state index contributed by atoms with van der Waals surface area (Å²) in [4.78, 5) is 0. The minimum Gasteiger partial charge on any atom is -0.508 e. The van der Waals surface area contributed by atoms with Gasteiger partial charge in [-0.3, -0.25) is 4.57 Å². The van der Waals surface area contributed by atoms with Crippen molar-refractivity contribution in [2.75, 3.05) is 5.32 Å². The average Bonchev–Trinajstić information content (AvgIpc) is 2.53. The summed E-state index contributed by atoms with van der Waals surface area (Å²) < 4.78 is 25.2. The third kappa shape index (κ3) is 5.63. The maximum Gasteiger partial charge on any atom is 0.357 e. The van der Waals surface area contributed by atoms with E-state index in [-0.39, 0.29) is 29.3 Å². The summed E-state index contributed by atoms with van der Waals surface area (Å²) >= 11 is 6.25. The molecule has 0 fully saturated rings. The van der Waals surface area contributed by atoms with Crippen molar-refractivity contribution in [3.05, 3.63) is 53.1 Å². The minimum atomic E-state index is -3.80. The summed E-state index contributed by atoms with van der Waals surface area (Å²) in [7, 11) is -3.80. The normalized spacial score (nSPS) is 13.1. The fraction of sp³-hybridized carbons (Fsp3) is 0.368. The summed E-state index contributed by atoms with van der Waals surface area (Å²) in [6.45, 7) is 7.00. The lowest BCUT2D eigenvalue weighted by Crippen LogP contribution is -2.19. The molecule has 0 bridgehead atoms. The lowest BCUT2D eigenvalue weighted by Gasteiger charge is -2.31. The molecule has 1 atom stereocenters. The molecule has 0 saturated heterocycles. The summed E-state index contributed by atoms with van der Waals surface area (Å²) in [5.74, 6) is -1.39. The van der Waals surface area contributed by atoms with E-state index in [0.29, 0.717) is 10.7 Å². The highest BCUT2D eigenvalue weighted by molar-refractivity contribution is 7.54. The predicted octanol–water partition coefficient (Wildman–Crippen LogP) is 5.91.